The highest BCUT2D eigenvalue weighted by Crippen LogP contribution is 2.41. The van der Waals surface area contributed by atoms with Crippen LogP contribution in [0.25, 0.3) is 0 Å². The van der Waals surface area contributed by atoms with Crippen LogP contribution in [0, 0.1) is 0 Å². The van der Waals surface area contributed by atoms with Gasteiger partial charge in [-0.1, -0.05) is 16.8 Å². The zero-order valence-corrected chi connectivity index (χ0v) is 21.3. The number of carbonyl (C=O) groups is 4. The van der Waals surface area contributed by atoms with Crippen molar-refractivity contribution in [3.8, 4) is 0 Å². The van der Waals surface area contributed by atoms with E-state index in [0.29, 0.717) is 17.6 Å². The molecule has 38 heavy (non-hydrogen) atoms. The van der Waals surface area contributed by atoms with Crippen LogP contribution in [0.2, 0.25) is 0 Å². The molecule has 0 radical (unpaired) electrons. The monoisotopic (exact) mass is 574 g/mol. The van der Waals surface area contributed by atoms with E-state index < -0.39 is 53.6 Å². The molecule has 1 aromatic heterocycles. The number of alkyl halides is 3. The molecule has 17 heteroatoms. The van der Waals surface area contributed by atoms with Gasteiger partial charge < -0.3 is 21.0 Å². The lowest BCUT2D eigenvalue weighted by Crippen LogP contribution is -2.71. The average molecular weight is 575 g/mol. The standard InChI is InChI=1S/C21H21F3N6O6S2/c1-9(31)36-28-13(12-7-38-20(25)26-12)16(32)27-14-17(33)30-15(19(34)35)11(6-37-18(14)30)4-10-2-3-29(5-10)8-21(22,23)24/h4,7,14,18H,2-3,5-6,8H2,1H3,(H2,25,26)(H,27,32)(H,34,35)/t14-,18-/m1/s1. The number of nitrogens with one attached hydrogen (secondary N) is 1. The molecule has 12 nitrogen and oxygen atoms in total. The van der Waals surface area contributed by atoms with E-state index in [4.69, 9.17) is 5.73 Å². The summed E-state index contributed by atoms with van der Waals surface area (Å²) in [7, 11) is 0. The summed E-state index contributed by atoms with van der Waals surface area (Å²) in [4.78, 5) is 59.9. The number of amides is 2. The van der Waals surface area contributed by atoms with E-state index in [9.17, 15) is 37.5 Å². The summed E-state index contributed by atoms with van der Waals surface area (Å²) in [5, 5.41) is 16.6. The van der Waals surface area contributed by atoms with Gasteiger partial charge in [0.2, 0.25) is 0 Å². The Morgan fingerprint density at radius 1 is 1.39 bits per heavy atom. The lowest BCUT2D eigenvalue weighted by Gasteiger charge is -2.49. The average Bonchev–Trinajstić information content (AvgIpc) is 3.44. The molecule has 2 atom stereocenters. The Kier molecular flexibility index (Phi) is 7.80. The Bertz CT molecular complexity index is 1280. The fraction of sp³-hybridized carbons (Fsp3) is 0.429. The quantitative estimate of drug-likeness (QED) is 0.184. The number of fused-ring (bicyclic) bond motifs is 1. The maximum absolute atomic E-state index is 13.0. The van der Waals surface area contributed by atoms with E-state index in [1.807, 2.05) is 0 Å². The van der Waals surface area contributed by atoms with E-state index in [0.717, 1.165) is 23.2 Å². The van der Waals surface area contributed by atoms with E-state index >= 15 is 0 Å². The molecule has 2 saturated heterocycles. The van der Waals surface area contributed by atoms with Gasteiger partial charge in [0.05, 0.1) is 6.54 Å². The number of carboxylic acids is 1. The first kappa shape index (κ1) is 27.6. The van der Waals surface area contributed by atoms with Gasteiger partial charge in [0, 0.05) is 31.1 Å². The number of thioether (sulfide) groups is 1. The molecule has 4 N–H and O–H groups in total. The number of hydrogen-bond acceptors (Lipinski definition) is 11. The van der Waals surface area contributed by atoms with Crippen LogP contribution in [0.4, 0.5) is 18.3 Å². The summed E-state index contributed by atoms with van der Waals surface area (Å²) in [6.07, 6.45) is -2.45. The van der Waals surface area contributed by atoms with E-state index in [-0.39, 0.29) is 35.4 Å². The fourth-order valence-corrected chi connectivity index (χ4v) is 6.03. The molecule has 3 aliphatic rings. The summed E-state index contributed by atoms with van der Waals surface area (Å²) >= 11 is 2.20. The van der Waals surface area contributed by atoms with Crippen molar-refractivity contribution in [1.29, 1.82) is 0 Å². The largest absolute Gasteiger partial charge is 0.477 e. The second-order valence-corrected chi connectivity index (χ2v) is 10.5. The second-order valence-electron chi connectivity index (χ2n) is 8.51. The first-order valence-electron chi connectivity index (χ1n) is 11.0. The second kappa shape index (κ2) is 10.7. The summed E-state index contributed by atoms with van der Waals surface area (Å²) in [5.41, 5.74) is 5.87. The molecular weight excluding hydrogens is 553 g/mol. The number of thiazole rings is 1. The van der Waals surface area contributed by atoms with Crippen molar-refractivity contribution in [2.75, 3.05) is 31.1 Å². The molecule has 2 amide bonds. The van der Waals surface area contributed by atoms with Gasteiger partial charge >= 0.3 is 18.1 Å². The number of aromatic nitrogens is 1. The van der Waals surface area contributed by atoms with Crippen molar-refractivity contribution in [2.45, 2.75) is 30.9 Å². The topological polar surface area (TPSA) is 168 Å². The molecule has 0 unspecified atom stereocenters. The number of oxime groups is 1. The van der Waals surface area contributed by atoms with Gasteiger partial charge in [0.1, 0.15) is 22.8 Å². The van der Waals surface area contributed by atoms with Crippen molar-refractivity contribution >= 4 is 57.7 Å². The third-order valence-electron chi connectivity index (χ3n) is 5.69. The van der Waals surface area contributed by atoms with Crippen LogP contribution in [-0.2, 0) is 24.0 Å². The third kappa shape index (κ3) is 5.99. The number of nitrogens with zero attached hydrogens (tertiary/aromatic N) is 4. The van der Waals surface area contributed by atoms with Crippen molar-refractivity contribution < 1.29 is 42.3 Å². The highest BCUT2D eigenvalue weighted by atomic mass is 32.2. The minimum atomic E-state index is -4.34. The lowest BCUT2D eigenvalue weighted by atomic mass is 10.0. The van der Waals surface area contributed by atoms with Crippen LogP contribution in [-0.4, -0.2) is 92.3 Å². The Labute approximate surface area is 221 Å². The van der Waals surface area contributed by atoms with Gasteiger partial charge in [0.25, 0.3) is 11.8 Å². The molecular formula is C21H21F3N6O6S2. The highest BCUT2D eigenvalue weighted by Gasteiger charge is 2.54. The minimum absolute atomic E-state index is 0.0161. The van der Waals surface area contributed by atoms with E-state index in [1.54, 1.807) is 6.08 Å². The van der Waals surface area contributed by atoms with Gasteiger partial charge in [-0.3, -0.25) is 19.4 Å². The van der Waals surface area contributed by atoms with Gasteiger partial charge in [-0.05, 0) is 12.0 Å². The molecule has 0 bridgehead atoms. The summed E-state index contributed by atoms with van der Waals surface area (Å²) in [6.45, 7) is 0.248. The maximum Gasteiger partial charge on any atom is 0.401 e. The van der Waals surface area contributed by atoms with Crippen LogP contribution in [0.15, 0.2) is 33.5 Å². The Morgan fingerprint density at radius 2 is 2.13 bits per heavy atom. The zero-order valence-electron chi connectivity index (χ0n) is 19.6. The number of rotatable bonds is 7. The lowest BCUT2D eigenvalue weighted by molar-refractivity contribution is -0.150. The number of carbonyl (C=O) groups excluding carboxylic acids is 3. The smallest absolute Gasteiger partial charge is 0.401 e. The number of aliphatic carboxylic acids is 1. The molecule has 0 saturated carbocycles. The number of halogens is 3. The number of anilines is 1. The van der Waals surface area contributed by atoms with E-state index in [1.165, 1.54) is 22.0 Å². The van der Waals surface area contributed by atoms with Crippen molar-refractivity contribution in [1.82, 2.24) is 20.1 Å². The number of allylic oxidation sites excluding steroid dienone is 1. The number of hydrogen-bond donors (Lipinski definition) is 3. The summed E-state index contributed by atoms with van der Waals surface area (Å²) in [6, 6.07) is -1.11. The van der Waals surface area contributed by atoms with Crippen LogP contribution in [0.3, 0.4) is 0 Å². The third-order valence-corrected chi connectivity index (χ3v) is 7.67. The van der Waals surface area contributed by atoms with Gasteiger partial charge in [-0.15, -0.1) is 23.1 Å². The molecule has 0 aliphatic carbocycles. The number of nitrogens with two attached hydrogens (primary N) is 1. The van der Waals surface area contributed by atoms with Crippen LogP contribution in [0.1, 0.15) is 19.0 Å². The van der Waals surface area contributed by atoms with Crippen LogP contribution < -0.4 is 11.1 Å². The number of nitrogen functional groups attached to an aromatic ring is 1. The fourth-order valence-electron chi connectivity index (χ4n) is 4.17. The van der Waals surface area contributed by atoms with Crippen LogP contribution >= 0.6 is 23.1 Å². The van der Waals surface area contributed by atoms with Crippen molar-refractivity contribution in [2.24, 2.45) is 5.16 Å². The Morgan fingerprint density at radius 3 is 2.74 bits per heavy atom. The number of β-lactam (4-membered cyclic amide) rings is 1. The van der Waals surface area contributed by atoms with Gasteiger partial charge in [-0.25, -0.2) is 14.6 Å². The van der Waals surface area contributed by atoms with Gasteiger partial charge in [-0.2, -0.15) is 13.2 Å². The molecule has 4 rings (SSSR count). The Hall–Kier alpha value is -3.44. The molecule has 0 spiro atoms. The highest BCUT2D eigenvalue weighted by molar-refractivity contribution is 8.00. The van der Waals surface area contributed by atoms with Crippen LogP contribution in [0.5, 0.6) is 0 Å². The zero-order chi connectivity index (χ0) is 27.8. The summed E-state index contributed by atoms with van der Waals surface area (Å²) in [5.74, 6) is -3.60. The predicted molar refractivity (Wildman–Crippen MR) is 130 cm³/mol. The molecule has 4 heterocycles. The SMILES string of the molecule is CC(=O)ON=C(C(=O)N[C@@H]1C(=O)N2C(C(=O)O)=C(C=C3CCN(CC(F)(F)F)C3)CS[C@H]12)c1csc(N)n1. The first-order chi connectivity index (χ1) is 17.8. The minimum Gasteiger partial charge on any atom is -0.477 e. The molecule has 3 aliphatic heterocycles. The molecule has 0 aromatic carbocycles. The number of carboxylic acid groups (broad SMARTS) is 1. The first-order valence-corrected chi connectivity index (χ1v) is 12.9. The molecule has 2 fully saturated rings. The normalized spacial score (nSPS) is 23.4. The molecule has 1 aromatic rings. The number of likely N-dealkylation sites (tertiary alicyclic amines) is 1. The van der Waals surface area contributed by atoms with Crippen molar-refractivity contribution in [3.05, 3.63) is 34.0 Å². The van der Waals surface area contributed by atoms with Gasteiger partial charge in [0.15, 0.2) is 10.8 Å². The van der Waals surface area contributed by atoms with Crippen molar-refractivity contribution in [3.63, 3.8) is 0 Å². The predicted octanol–water partition coefficient (Wildman–Crippen LogP) is 0.925. The Balaban J connectivity index is 1.51. The summed E-state index contributed by atoms with van der Waals surface area (Å²) < 4.78 is 38.1. The molecule has 204 valence electrons. The van der Waals surface area contributed by atoms with E-state index in [2.05, 4.69) is 20.3 Å². The maximum atomic E-state index is 13.0.